The first-order valence-corrected chi connectivity index (χ1v) is 3.73. The Hall–Kier alpha value is -0.840. The van der Waals surface area contributed by atoms with Crippen LogP contribution in [0.5, 0.6) is 0 Å². The van der Waals surface area contributed by atoms with E-state index in [2.05, 4.69) is 0 Å². The number of aryl methyl sites for hydroxylation is 1. The van der Waals surface area contributed by atoms with Gasteiger partial charge < -0.3 is 19.9 Å². The fraction of sp³-hybridized carbons (Fsp3) is 0.500. The highest BCUT2D eigenvalue weighted by molar-refractivity contribution is 5.30. The molecule has 1 aromatic rings. The average molecular weight is 171 g/mol. The minimum Gasteiger partial charge on any atom is -0.392 e. The van der Waals surface area contributed by atoms with Crippen molar-refractivity contribution in [1.82, 2.24) is 4.57 Å². The Kier molecular flexibility index (Phi) is 2.86. The Morgan fingerprint density at radius 3 is 2.25 bits per heavy atom. The van der Waals surface area contributed by atoms with Crippen LogP contribution in [0.15, 0.2) is 6.20 Å². The molecule has 3 N–H and O–H groups in total. The molecule has 0 saturated heterocycles. The highest BCUT2D eigenvalue weighted by Gasteiger charge is 2.10. The van der Waals surface area contributed by atoms with Crippen molar-refractivity contribution in [3.63, 3.8) is 0 Å². The molecule has 12 heavy (non-hydrogen) atoms. The first-order chi connectivity index (χ1) is 5.74. The molecule has 4 nitrogen and oxygen atoms in total. The van der Waals surface area contributed by atoms with E-state index >= 15 is 0 Å². The molecule has 68 valence electrons. The molecule has 0 bridgehead atoms. The van der Waals surface area contributed by atoms with Crippen LogP contribution in [0.2, 0.25) is 0 Å². The third-order valence-electron chi connectivity index (χ3n) is 1.99. The molecule has 1 heterocycles. The molecule has 0 atom stereocenters. The van der Waals surface area contributed by atoms with Gasteiger partial charge in [0, 0.05) is 30.1 Å². The highest BCUT2D eigenvalue weighted by Crippen LogP contribution is 2.16. The van der Waals surface area contributed by atoms with Gasteiger partial charge in [0.25, 0.3) is 0 Å². The van der Waals surface area contributed by atoms with Crippen molar-refractivity contribution < 1.29 is 15.3 Å². The fourth-order valence-electron chi connectivity index (χ4n) is 1.32. The number of rotatable bonds is 3. The third-order valence-corrected chi connectivity index (χ3v) is 1.99. The average Bonchev–Trinajstić information content (AvgIpc) is 2.40. The molecule has 0 spiro atoms. The smallest absolute Gasteiger partial charge is 0.0836 e. The van der Waals surface area contributed by atoms with Gasteiger partial charge in [-0.15, -0.1) is 0 Å². The van der Waals surface area contributed by atoms with Crippen LogP contribution in [0, 0.1) is 0 Å². The number of hydrogen-bond acceptors (Lipinski definition) is 3. The molecule has 1 rings (SSSR count). The van der Waals surface area contributed by atoms with Gasteiger partial charge in [0.2, 0.25) is 0 Å². The molecule has 0 unspecified atom stereocenters. The van der Waals surface area contributed by atoms with Crippen LogP contribution in [0.3, 0.4) is 0 Å². The maximum Gasteiger partial charge on any atom is 0.0836 e. The van der Waals surface area contributed by atoms with E-state index in [0.717, 1.165) is 0 Å². The predicted octanol–water partition coefficient (Wildman–Crippen LogP) is -0.498. The lowest BCUT2D eigenvalue weighted by Crippen LogP contribution is -1.98. The summed E-state index contributed by atoms with van der Waals surface area (Å²) in [5.74, 6) is 0. The predicted molar refractivity (Wildman–Crippen MR) is 43.2 cm³/mol. The fourth-order valence-corrected chi connectivity index (χ4v) is 1.32. The summed E-state index contributed by atoms with van der Waals surface area (Å²) in [6.07, 6.45) is 1.71. The Labute approximate surface area is 70.7 Å². The Balaban J connectivity index is 3.16. The van der Waals surface area contributed by atoms with Crippen molar-refractivity contribution in [2.45, 2.75) is 19.8 Å². The van der Waals surface area contributed by atoms with E-state index in [9.17, 15) is 0 Å². The number of hydrogen-bond donors (Lipinski definition) is 3. The maximum atomic E-state index is 8.94. The molecule has 4 heteroatoms. The number of aliphatic hydroxyl groups is 3. The van der Waals surface area contributed by atoms with E-state index in [1.165, 1.54) is 0 Å². The molecule has 1 aromatic heterocycles. The van der Waals surface area contributed by atoms with Crippen LogP contribution in [-0.4, -0.2) is 19.9 Å². The molecule has 0 aliphatic heterocycles. The van der Waals surface area contributed by atoms with Crippen molar-refractivity contribution in [2.24, 2.45) is 7.05 Å². The lowest BCUT2D eigenvalue weighted by atomic mass is 10.1. The number of aliphatic hydroxyl groups excluding tert-OH is 3. The van der Waals surface area contributed by atoms with Gasteiger partial charge in [0.05, 0.1) is 19.8 Å². The van der Waals surface area contributed by atoms with E-state index in [-0.39, 0.29) is 19.8 Å². The summed E-state index contributed by atoms with van der Waals surface area (Å²) < 4.78 is 1.71. The molecule has 0 radical (unpaired) electrons. The Morgan fingerprint density at radius 2 is 1.83 bits per heavy atom. The summed E-state index contributed by atoms with van der Waals surface area (Å²) in [4.78, 5) is 0. The monoisotopic (exact) mass is 171 g/mol. The topological polar surface area (TPSA) is 65.6 Å². The molecule has 0 aromatic carbocycles. The number of nitrogens with zero attached hydrogens (tertiary/aromatic N) is 1. The largest absolute Gasteiger partial charge is 0.392 e. The van der Waals surface area contributed by atoms with Gasteiger partial charge in [0.1, 0.15) is 0 Å². The summed E-state index contributed by atoms with van der Waals surface area (Å²) in [5, 5.41) is 26.7. The zero-order chi connectivity index (χ0) is 9.14. The van der Waals surface area contributed by atoms with Crippen LogP contribution < -0.4 is 0 Å². The zero-order valence-corrected chi connectivity index (χ0v) is 6.99. The highest BCUT2D eigenvalue weighted by atomic mass is 16.3. The van der Waals surface area contributed by atoms with Gasteiger partial charge in [-0.2, -0.15) is 0 Å². The quantitative estimate of drug-likeness (QED) is 0.574. The van der Waals surface area contributed by atoms with Gasteiger partial charge in [-0.1, -0.05) is 0 Å². The molecule has 0 aliphatic carbocycles. The van der Waals surface area contributed by atoms with Gasteiger partial charge in [-0.05, 0) is 0 Å². The summed E-state index contributed by atoms with van der Waals surface area (Å²) in [6.45, 7) is -0.372. The minimum absolute atomic E-state index is 0.107. The molecule has 0 saturated carbocycles. The lowest BCUT2D eigenvalue weighted by molar-refractivity contribution is 0.247. The summed E-state index contributed by atoms with van der Waals surface area (Å²) in [7, 11) is 1.77. The molecular formula is C8H13NO3. The summed E-state index contributed by atoms with van der Waals surface area (Å²) in [6, 6.07) is 0. The van der Waals surface area contributed by atoms with Crippen LogP contribution in [0.4, 0.5) is 0 Å². The van der Waals surface area contributed by atoms with Gasteiger partial charge in [0.15, 0.2) is 0 Å². The third kappa shape index (κ3) is 1.36. The van der Waals surface area contributed by atoms with Crippen LogP contribution in [-0.2, 0) is 26.9 Å². The first-order valence-electron chi connectivity index (χ1n) is 3.73. The Morgan fingerprint density at radius 1 is 1.17 bits per heavy atom. The van der Waals surface area contributed by atoms with E-state index in [4.69, 9.17) is 15.3 Å². The number of aromatic nitrogens is 1. The molecule has 0 amide bonds. The van der Waals surface area contributed by atoms with Gasteiger partial charge in [-0.3, -0.25) is 0 Å². The summed E-state index contributed by atoms with van der Waals surface area (Å²) in [5.41, 5.74) is 1.95. The second-order valence-corrected chi connectivity index (χ2v) is 2.66. The zero-order valence-electron chi connectivity index (χ0n) is 6.99. The standard InChI is InChI=1S/C8H13NO3/c1-9-2-6(3-10)7(4-11)8(9)5-12/h2,10-12H,3-5H2,1H3. The van der Waals surface area contributed by atoms with Crippen LogP contribution >= 0.6 is 0 Å². The SMILES string of the molecule is Cn1cc(CO)c(CO)c1CO. The van der Waals surface area contributed by atoms with E-state index < -0.39 is 0 Å². The minimum atomic E-state index is -0.146. The van der Waals surface area contributed by atoms with Crippen molar-refractivity contribution in [2.75, 3.05) is 0 Å². The second-order valence-electron chi connectivity index (χ2n) is 2.66. The summed E-state index contributed by atoms with van der Waals surface area (Å²) >= 11 is 0. The van der Waals surface area contributed by atoms with Gasteiger partial charge >= 0.3 is 0 Å². The maximum absolute atomic E-state index is 8.94. The second kappa shape index (κ2) is 3.71. The van der Waals surface area contributed by atoms with Crippen LogP contribution in [0.1, 0.15) is 16.8 Å². The molecule has 0 aliphatic rings. The first kappa shape index (κ1) is 9.25. The Bertz CT molecular complexity index is 268. The van der Waals surface area contributed by atoms with Crippen molar-refractivity contribution in [3.05, 3.63) is 23.0 Å². The van der Waals surface area contributed by atoms with E-state index in [0.29, 0.717) is 16.8 Å². The van der Waals surface area contributed by atoms with Crippen molar-refractivity contribution in [3.8, 4) is 0 Å². The van der Waals surface area contributed by atoms with Crippen molar-refractivity contribution in [1.29, 1.82) is 0 Å². The van der Waals surface area contributed by atoms with Crippen molar-refractivity contribution >= 4 is 0 Å². The van der Waals surface area contributed by atoms with E-state index in [1.807, 2.05) is 0 Å². The molecule has 0 fully saturated rings. The normalized spacial score (nSPS) is 10.7. The van der Waals surface area contributed by atoms with Gasteiger partial charge in [-0.25, -0.2) is 0 Å². The lowest BCUT2D eigenvalue weighted by Gasteiger charge is -2.01. The van der Waals surface area contributed by atoms with E-state index in [1.54, 1.807) is 17.8 Å². The van der Waals surface area contributed by atoms with Crippen LogP contribution in [0.25, 0.3) is 0 Å². The molecular weight excluding hydrogens is 158 g/mol.